The van der Waals surface area contributed by atoms with Crippen LogP contribution in [0.1, 0.15) is 29.8 Å². The first kappa shape index (κ1) is 20.8. The molecule has 0 saturated heterocycles. The van der Waals surface area contributed by atoms with Crippen molar-refractivity contribution in [1.82, 2.24) is 14.9 Å². The number of amides is 1. The number of fused-ring (bicyclic) bond motifs is 1. The van der Waals surface area contributed by atoms with E-state index < -0.39 is 6.10 Å². The fourth-order valence-electron chi connectivity index (χ4n) is 3.80. The molecule has 4 rings (SSSR count). The molecule has 0 spiro atoms. The van der Waals surface area contributed by atoms with E-state index in [9.17, 15) is 9.90 Å². The molecule has 0 radical (unpaired) electrons. The monoisotopic (exact) mass is 413 g/mol. The van der Waals surface area contributed by atoms with Gasteiger partial charge in [-0.1, -0.05) is 48.5 Å². The zero-order valence-electron chi connectivity index (χ0n) is 18.1. The number of rotatable bonds is 6. The Hall–Kier alpha value is -3.44. The zero-order valence-corrected chi connectivity index (χ0v) is 18.1. The van der Waals surface area contributed by atoms with Gasteiger partial charge in [-0.25, -0.2) is 4.98 Å². The lowest BCUT2D eigenvalue weighted by molar-refractivity contribution is 0.0660. The summed E-state index contributed by atoms with van der Waals surface area (Å²) in [5, 5.41) is 9.60. The average Bonchev–Trinajstić information content (AvgIpc) is 3.23. The Bertz CT molecular complexity index is 1190. The smallest absolute Gasteiger partial charge is 0.253 e. The first-order chi connectivity index (χ1) is 15.0. The van der Waals surface area contributed by atoms with Crippen molar-refractivity contribution in [3.63, 3.8) is 0 Å². The molecule has 1 atom stereocenters. The van der Waals surface area contributed by atoms with Crippen LogP contribution in [0, 0.1) is 6.92 Å². The van der Waals surface area contributed by atoms with E-state index in [1.807, 2.05) is 43.3 Å². The SMILES string of the molecule is CCN(CC(C)O)C(=O)c1ccc(-c2ccc(-c3nc4c(C)cccc4[nH]3)cc2)cc1. The molecule has 1 aromatic heterocycles. The van der Waals surface area contributed by atoms with Gasteiger partial charge in [0.1, 0.15) is 5.82 Å². The van der Waals surface area contributed by atoms with Crippen molar-refractivity contribution in [1.29, 1.82) is 0 Å². The van der Waals surface area contributed by atoms with Gasteiger partial charge in [-0.05, 0) is 55.7 Å². The number of aryl methyl sites for hydroxylation is 1. The third kappa shape index (κ3) is 4.37. The number of aromatic amines is 1. The van der Waals surface area contributed by atoms with E-state index >= 15 is 0 Å². The summed E-state index contributed by atoms with van der Waals surface area (Å²) in [5.74, 6) is 0.792. The quantitative estimate of drug-likeness (QED) is 0.465. The number of hydrogen-bond acceptors (Lipinski definition) is 3. The second-order valence-corrected chi connectivity index (χ2v) is 7.90. The van der Waals surface area contributed by atoms with E-state index in [-0.39, 0.29) is 5.91 Å². The third-order valence-electron chi connectivity index (χ3n) is 5.49. The lowest BCUT2D eigenvalue weighted by Gasteiger charge is -2.22. The molecule has 0 fully saturated rings. The van der Waals surface area contributed by atoms with Gasteiger partial charge in [0.25, 0.3) is 5.91 Å². The molecule has 1 amide bonds. The first-order valence-electron chi connectivity index (χ1n) is 10.6. The van der Waals surface area contributed by atoms with Crippen molar-refractivity contribution in [2.45, 2.75) is 26.9 Å². The van der Waals surface area contributed by atoms with E-state index in [1.165, 1.54) is 0 Å². The number of nitrogens with zero attached hydrogens (tertiary/aromatic N) is 2. The summed E-state index contributed by atoms with van der Waals surface area (Å²) in [5.41, 5.74) is 6.97. The Morgan fingerprint density at radius 2 is 1.61 bits per heavy atom. The van der Waals surface area contributed by atoms with Crippen molar-refractivity contribution < 1.29 is 9.90 Å². The fraction of sp³-hybridized carbons (Fsp3) is 0.231. The Labute approximate surface area is 182 Å². The summed E-state index contributed by atoms with van der Waals surface area (Å²) in [6.45, 7) is 6.57. The van der Waals surface area contributed by atoms with Gasteiger partial charge in [-0.2, -0.15) is 0 Å². The summed E-state index contributed by atoms with van der Waals surface area (Å²) in [4.78, 5) is 22.5. The van der Waals surface area contributed by atoms with Gasteiger partial charge >= 0.3 is 0 Å². The van der Waals surface area contributed by atoms with Gasteiger partial charge in [0.05, 0.1) is 17.1 Å². The lowest BCUT2D eigenvalue weighted by Crippen LogP contribution is -2.36. The van der Waals surface area contributed by atoms with Gasteiger partial charge < -0.3 is 15.0 Å². The first-order valence-corrected chi connectivity index (χ1v) is 10.6. The number of imidazole rings is 1. The summed E-state index contributed by atoms with van der Waals surface area (Å²) in [6.07, 6.45) is -0.544. The van der Waals surface area contributed by atoms with Crippen LogP contribution in [0.5, 0.6) is 0 Å². The van der Waals surface area contributed by atoms with Crippen LogP contribution in [0.4, 0.5) is 0 Å². The molecule has 1 unspecified atom stereocenters. The minimum Gasteiger partial charge on any atom is -0.392 e. The van der Waals surface area contributed by atoms with Crippen LogP contribution in [0.2, 0.25) is 0 Å². The minimum atomic E-state index is -0.544. The summed E-state index contributed by atoms with van der Waals surface area (Å²) >= 11 is 0. The van der Waals surface area contributed by atoms with Crippen LogP contribution in [-0.4, -0.2) is 45.1 Å². The highest BCUT2D eigenvalue weighted by molar-refractivity contribution is 5.94. The molecular formula is C26H27N3O2. The Balaban J connectivity index is 1.53. The number of nitrogens with one attached hydrogen (secondary N) is 1. The Morgan fingerprint density at radius 1 is 1.00 bits per heavy atom. The highest BCUT2D eigenvalue weighted by Gasteiger charge is 2.16. The normalized spacial score (nSPS) is 12.1. The van der Waals surface area contributed by atoms with E-state index in [2.05, 4.69) is 42.2 Å². The van der Waals surface area contributed by atoms with Crippen molar-refractivity contribution in [2.24, 2.45) is 0 Å². The predicted octanol–water partition coefficient (Wildman–Crippen LogP) is 5.05. The molecule has 31 heavy (non-hydrogen) atoms. The predicted molar refractivity (Wildman–Crippen MR) is 125 cm³/mol. The maximum atomic E-state index is 12.7. The highest BCUT2D eigenvalue weighted by atomic mass is 16.3. The van der Waals surface area contributed by atoms with Gasteiger partial charge in [-0.3, -0.25) is 4.79 Å². The maximum absolute atomic E-state index is 12.7. The molecular weight excluding hydrogens is 386 g/mol. The van der Waals surface area contributed by atoms with Crippen LogP contribution in [-0.2, 0) is 0 Å². The second-order valence-electron chi connectivity index (χ2n) is 7.90. The number of benzene rings is 3. The number of carbonyl (C=O) groups excluding carboxylic acids is 1. The van der Waals surface area contributed by atoms with Crippen LogP contribution in [0.15, 0.2) is 66.7 Å². The number of aliphatic hydroxyl groups is 1. The molecule has 0 saturated carbocycles. The van der Waals surface area contributed by atoms with Crippen molar-refractivity contribution >= 4 is 16.9 Å². The largest absolute Gasteiger partial charge is 0.392 e. The van der Waals surface area contributed by atoms with Crippen LogP contribution in [0.3, 0.4) is 0 Å². The molecule has 3 aromatic carbocycles. The van der Waals surface area contributed by atoms with Gasteiger partial charge in [-0.15, -0.1) is 0 Å². The van der Waals surface area contributed by atoms with E-state index in [0.717, 1.165) is 39.1 Å². The van der Waals surface area contributed by atoms with Crippen LogP contribution in [0.25, 0.3) is 33.5 Å². The molecule has 0 aliphatic rings. The standard InChI is InChI=1S/C26H27N3O2/c1-4-29(16-18(3)30)26(31)22-14-10-20(11-15-22)19-8-12-21(13-9-19)25-27-23-7-5-6-17(2)24(23)28-25/h5-15,18,30H,4,16H2,1-3H3,(H,27,28). The summed E-state index contributed by atoms with van der Waals surface area (Å²) in [6, 6.07) is 22.0. The van der Waals surface area contributed by atoms with Crippen LogP contribution < -0.4 is 0 Å². The third-order valence-corrected chi connectivity index (χ3v) is 5.49. The van der Waals surface area contributed by atoms with Gasteiger partial charge in [0.2, 0.25) is 0 Å². The van der Waals surface area contributed by atoms with Gasteiger partial charge in [0, 0.05) is 24.2 Å². The van der Waals surface area contributed by atoms with E-state index in [4.69, 9.17) is 4.98 Å². The number of likely N-dealkylation sites (N-methyl/N-ethyl adjacent to an activating group) is 1. The van der Waals surface area contributed by atoms with Crippen molar-refractivity contribution in [2.75, 3.05) is 13.1 Å². The zero-order chi connectivity index (χ0) is 22.0. The number of hydrogen-bond donors (Lipinski definition) is 2. The lowest BCUT2D eigenvalue weighted by atomic mass is 10.0. The van der Waals surface area contributed by atoms with E-state index in [0.29, 0.717) is 18.7 Å². The highest BCUT2D eigenvalue weighted by Crippen LogP contribution is 2.26. The number of H-pyrrole nitrogens is 1. The number of carbonyl (C=O) groups is 1. The Morgan fingerprint density at radius 3 is 2.19 bits per heavy atom. The molecule has 0 aliphatic carbocycles. The molecule has 2 N–H and O–H groups in total. The Kier molecular flexibility index (Phi) is 5.87. The molecule has 0 bridgehead atoms. The fourth-order valence-corrected chi connectivity index (χ4v) is 3.80. The summed E-state index contributed by atoms with van der Waals surface area (Å²) in [7, 11) is 0. The van der Waals surface area contributed by atoms with Crippen molar-refractivity contribution in [3.05, 3.63) is 77.9 Å². The molecule has 1 heterocycles. The maximum Gasteiger partial charge on any atom is 0.253 e. The van der Waals surface area contributed by atoms with Crippen LogP contribution >= 0.6 is 0 Å². The molecule has 5 nitrogen and oxygen atoms in total. The van der Waals surface area contributed by atoms with E-state index in [1.54, 1.807) is 11.8 Å². The number of para-hydroxylation sites is 1. The molecule has 5 heteroatoms. The minimum absolute atomic E-state index is 0.0644. The molecule has 4 aromatic rings. The molecule has 0 aliphatic heterocycles. The van der Waals surface area contributed by atoms with Gasteiger partial charge in [0.15, 0.2) is 0 Å². The average molecular weight is 414 g/mol. The molecule has 158 valence electrons. The van der Waals surface area contributed by atoms with Crippen molar-refractivity contribution in [3.8, 4) is 22.5 Å². The number of aromatic nitrogens is 2. The summed E-state index contributed by atoms with van der Waals surface area (Å²) < 4.78 is 0. The number of aliphatic hydroxyl groups excluding tert-OH is 1. The topological polar surface area (TPSA) is 69.2 Å². The second kappa shape index (κ2) is 8.74.